The monoisotopic (exact) mass is 439 g/mol. The van der Waals surface area contributed by atoms with Crippen LogP contribution < -0.4 is 16.2 Å². The van der Waals surface area contributed by atoms with E-state index in [1.807, 2.05) is 0 Å². The number of nitrogens with zero attached hydrogens (tertiary/aromatic N) is 2. The number of aromatic nitrogens is 3. The number of rotatable bonds is 7. The number of H-pyrrole nitrogens is 1. The fraction of sp³-hybridized carbons (Fsp3) is 0.409. The predicted molar refractivity (Wildman–Crippen MR) is 119 cm³/mol. The number of thiophene rings is 1. The molecule has 1 atom stereocenters. The molecule has 3 N–H and O–H groups in total. The van der Waals surface area contributed by atoms with Crippen LogP contribution in [-0.2, 0) is 24.1 Å². The highest BCUT2D eigenvalue weighted by Crippen LogP contribution is 2.35. The van der Waals surface area contributed by atoms with Crippen LogP contribution in [0.1, 0.15) is 46.4 Å². The Morgan fingerprint density at radius 3 is 2.94 bits per heavy atom. The van der Waals surface area contributed by atoms with Crippen LogP contribution in [0.15, 0.2) is 29.3 Å². The second-order valence-corrected chi connectivity index (χ2v) is 8.98. The zero-order valence-corrected chi connectivity index (χ0v) is 18.2. The van der Waals surface area contributed by atoms with Crippen molar-refractivity contribution in [2.75, 3.05) is 13.1 Å². The summed E-state index contributed by atoms with van der Waals surface area (Å²) in [5.74, 6) is 0.782. The topological polar surface area (TPSA) is 117 Å². The molecule has 1 unspecified atom stereocenters. The summed E-state index contributed by atoms with van der Waals surface area (Å²) in [5, 5.41) is 6.23. The largest absolute Gasteiger partial charge is 0.354 e. The highest BCUT2D eigenvalue weighted by atomic mass is 32.1. The molecule has 0 radical (unpaired) electrons. The zero-order chi connectivity index (χ0) is 21.8. The first-order valence-corrected chi connectivity index (χ1v) is 11.3. The maximum atomic E-state index is 12.6. The lowest BCUT2D eigenvalue weighted by molar-refractivity contribution is -0.121. The standard InChI is InChI=1S/C22H25N5O3S/c1-13-4-5-15-16(11-13)31-22-19(15)21(30)26-17(27-22)6-7-18(28)24-9-10-25-20(29)14-3-2-8-23-12-14/h2-3,8,12-13H,4-7,9-11H2,1H3,(H,24,28)(H,25,29)(H,26,27,30). The summed E-state index contributed by atoms with van der Waals surface area (Å²) in [6.07, 6.45) is 6.70. The SMILES string of the molecule is CC1CCc2c(sc3nc(CCC(=O)NCCNC(=O)c4cccnc4)[nH]c(=O)c23)C1. The summed E-state index contributed by atoms with van der Waals surface area (Å²) in [6, 6.07) is 3.37. The summed E-state index contributed by atoms with van der Waals surface area (Å²) < 4.78 is 0. The Bertz CT molecular complexity index is 1160. The number of fused-ring (bicyclic) bond motifs is 3. The minimum atomic E-state index is -0.231. The maximum Gasteiger partial charge on any atom is 0.259 e. The van der Waals surface area contributed by atoms with E-state index in [0.29, 0.717) is 36.8 Å². The number of nitrogens with one attached hydrogen (secondary N) is 3. The van der Waals surface area contributed by atoms with E-state index in [1.54, 1.807) is 29.7 Å². The quantitative estimate of drug-likeness (QED) is 0.487. The Morgan fingerprint density at radius 1 is 1.29 bits per heavy atom. The number of amides is 2. The van der Waals surface area contributed by atoms with E-state index < -0.39 is 0 Å². The molecule has 0 saturated heterocycles. The zero-order valence-electron chi connectivity index (χ0n) is 17.4. The number of hydrogen-bond donors (Lipinski definition) is 3. The van der Waals surface area contributed by atoms with Crippen molar-refractivity contribution >= 4 is 33.4 Å². The third-order valence-corrected chi connectivity index (χ3v) is 6.61. The van der Waals surface area contributed by atoms with Crippen LogP contribution in [0.2, 0.25) is 0 Å². The van der Waals surface area contributed by atoms with Crippen LogP contribution in [0.3, 0.4) is 0 Å². The van der Waals surface area contributed by atoms with E-state index in [-0.39, 0.29) is 23.8 Å². The number of aryl methyl sites for hydroxylation is 2. The molecular weight excluding hydrogens is 414 g/mol. The number of carbonyl (C=O) groups excluding carboxylic acids is 2. The molecule has 4 rings (SSSR count). The van der Waals surface area contributed by atoms with Crippen LogP contribution in [0, 0.1) is 5.92 Å². The third kappa shape index (κ3) is 4.99. The molecule has 0 saturated carbocycles. The van der Waals surface area contributed by atoms with E-state index in [0.717, 1.165) is 35.0 Å². The molecule has 0 aliphatic heterocycles. The first kappa shape index (κ1) is 21.2. The molecule has 0 bridgehead atoms. The Hall–Kier alpha value is -3.07. The summed E-state index contributed by atoms with van der Waals surface area (Å²) in [5.41, 5.74) is 1.53. The summed E-state index contributed by atoms with van der Waals surface area (Å²) in [7, 11) is 0. The van der Waals surface area contributed by atoms with Crippen LogP contribution in [0.5, 0.6) is 0 Å². The molecule has 3 aromatic heterocycles. The fourth-order valence-electron chi connectivity index (χ4n) is 3.81. The molecule has 162 valence electrons. The van der Waals surface area contributed by atoms with Gasteiger partial charge in [-0.15, -0.1) is 11.3 Å². The third-order valence-electron chi connectivity index (χ3n) is 5.46. The van der Waals surface area contributed by atoms with Gasteiger partial charge in [0.05, 0.1) is 10.9 Å². The van der Waals surface area contributed by atoms with Crippen LogP contribution >= 0.6 is 11.3 Å². The lowest BCUT2D eigenvalue weighted by atomic mass is 9.89. The molecule has 0 spiro atoms. The van der Waals surface area contributed by atoms with Crippen molar-refractivity contribution in [1.29, 1.82) is 0 Å². The molecule has 1 aliphatic carbocycles. The fourth-order valence-corrected chi connectivity index (χ4v) is 5.21. The van der Waals surface area contributed by atoms with Gasteiger partial charge in [0.1, 0.15) is 10.7 Å². The predicted octanol–water partition coefficient (Wildman–Crippen LogP) is 1.98. The number of aromatic amines is 1. The molecule has 0 fully saturated rings. The smallest absolute Gasteiger partial charge is 0.259 e. The van der Waals surface area contributed by atoms with Gasteiger partial charge in [0.25, 0.3) is 11.5 Å². The van der Waals surface area contributed by atoms with Crippen LogP contribution in [-0.4, -0.2) is 39.9 Å². The van der Waals surface area contributed by atoms with Gasteiger partial charge in [0.15, 0.2) is 0 Å². The van der Waals surface area contributed by atoms with Gasteiger partial charge in [0, 0.05) is 43.2 Å². The molecule has 8 nitrogen and oxygen atoms in total. The summed E-state index contributed by atoms with van der Waals surface area (Å²) in [6.45, 7) is 2.88. The molecule has 3 heterocycles. The van der Waals surface area contributed by atoms with E-state index in [1.165, 1.54) is 11.1 Å². The first-order chi connectivity index (χ1) is 15.0. The lowest BCUT2D eigenvalue weighted by Gasteiger charge is -2.17. The van der Waals surface area contributed by atoms with E-state index in [2.05, 4.69) is 32.5 Å². The van der Waals surface area contributed by atoms with Crippen molar-refractivity contribution in [3.63, 3.8) is 0 Å². The normalized spacial score (nSPS) is 15.5. The Balaban J connectivity index is 1.27. The summed E-state index contributed by atoms with van der Waals surface area (Å²) >= 11 is 1.61. The van der Waals surface area contributed by atoms with E-state index in [4.69, 9.17) is 0 Å². The van der Waals surface area contributed by atoms with Crippen molar-refractivity contribution in [2.24, 2.45) is 5.92 Å². The number of hydrogen-bond acceptors (Lipinski definition) is 6. The van der Waals surface area contributed by atoms with Gasteiger partial charge in [-0.1, -0.05) is 6.92 Å². The van der Waals surface area contributed by atoms with Gasteiger partial charge >= 0.3 is 0 Å². The Morgan fingerprint density at radius 2 is 2.13 bits per heavy atom. The van der Waals surface area contributed by atoms with Gasteiger partial charge < -0.3 is 15.6 Å². The Kier molecular flexibility index (Phi) is 6.41. The molecule has 3 aromatic rings. The van der Waals surface area contributed by atoms with Crippen molar-refractivity contribution in [3.8, 4) is 0 Å². The van der Waals surface area contributed by atoms with Crippen molar-refractivity contribution in [1.82, 2.24) is 25.6 Å². The van der Waals surface area contributed by atoms with E-state index in [9.17, 15) is 14.4 Å². The van der Waals surface area contributed by atoms with Crippen molar-refractivity contribution in [2.45, 2.75) is 39.0 Å². The molecule has 9 heteroatoms. The molecule has 0 aromatic carbocycles. The van der Waals surface area contributed by atoms with Gasteiger partial charge in [-0.2, -0.15) is 0 Å². The van der Waals surface area contributed by atoms with Crippen molar-refractivity contribution < 1.29 is 9.59 Å². The minimum Gasteiger partial charge on any atom is -0.354 e. The molecular formula is C22H25N5O3S. The van der Waals surface area contributed by atoms with Crippen LogP contribution in [0.4, 0.5) is 0 Å². The highest BCUT2D eigenvalue weighted by Gasteiger charge is 2.23. The number of carbonyl (C=O) groups is 2. The lowest BCUT2D eigenvalue weighted by Crippen LogP contribution is -2.34. The molecule has 1 aliphatic rings. The van der Waals surface area contributed by atoms with Gasteiger partial charge in [-0.3, -0.25) is 19.4 Å². The number of pyridine rings is 1. The highest BCUT2D eigenvalue weighted by molar-refractivity contribution is 7.18. The second-order valence-electron chi connectivity index (χ2n) is 7.89. The summed E-state index contributed by atoms with van der Waals surface area (Å²) in [4.78, 5) is 50.1. The van der Waals surface area contributed by atoms with E-state index >= 15 is 0 Å². The van der Waals surface area contributed by atoms with Gasteiger partial charge in [-0.05, 0) is 42.9 Å². The average molecular weight is 440 g/mol. The average Bonchev–Trinajstić information content (AvgIpc) is 3.13. The minimum absolute atomic E-state index is 0.106. The van der Waals surface area contributed by atoms with Crippen LogP contribution in [0.25, 0.3) is 10.2 Å². The maximum absolute atomic E-state index is 12.6. The molecule has 2 amide bonds. The molecule has 31 heavy (non-hydrogen) atoms. The van der Waals surface area contributed by atoms with Crippen molar-refractivity contribution in [3.05, 3.63) is 56.7 Å². The van der Waals surface area contributed by atoms with Gasteiger partial charge in [0.2, 0.25) is 5.91 Å². The Labute approximate surface area is 183 Å². The van der Waals surface area contributed by atoms with Gasteiger partial charge in [-0.25, -0.2) is 4.98 Å². The first-order valence-electron chi connectivity index (χ1n) is 10.5. The second kappa shape index (κ2) is 9.38.